The first-order valence-corrected chi connectivity index (χ1v) is 11.7. The molecule has 0 saturated heterocycles. The Hall–Kier alpha value is -3.32. The molecule has 0 fully saturated rings. The molecule has 3 aromatic carbocycles. The van der Waals surface area contributed by atoms with Gasteiger partial charge in [-0.15, -0.1) is 0 Å². The number of ether oxygens (including phenoxy) is 1. The van der Waals surface area contributed by atoms with E-state index in [1.165, 1.54) is 10.6 Å². The zero-order valence-electron chi connectivity index (χ0n) is 17.8. The molecule has 31 heavy (non-hydrogen) atoms. The number of benzene rings is 3. The Kier molecular flexibility index (Phi) is 6.97. The minimum absolute atomic E-state index is 0.221. The lowest BCUT2D eigenvalue weighted by atomic mass is 10.1. The summed E-state index contributed by atoms with van der Waals surface area (Å²) in [4.78, 5) is 12.5. The second-order valence-corrected chi connectivity index (χ2v) is 9.20. The van der Waals surface area contributed by atoms with Gasteiger partial charge in [0.15, 0.2) is 0 Å². The molecule has 0 aromatic heterocycles. The molecule has 7 heteroatoms. The Morgan fingerprint density at radius 1 is 0.968 bits per heavy atom. The molecule has 0 spiro atoms. The number of sulfonamides is 1. The van der Waals surface area contributed by atoms with Crippen LogP contribution in [0.2, 0.25) is 0 Å². The Morgan fingerprint density at radius 2 is 1.61 bits per heavy atom. The fourth-order valence-corrected chi connectivity index (χ4v) is 4.05. The van der Waals surface area contributed by atoms with Gasteiger partial charge in [0.2, 0.25) is 10.0 Å². The predicted molar refractivity (Wildman–Crippen MR) is 123 cm³/mol. The number of anilines is 1. The summed E-state index contributed by atoms with van der Waals surface area (Å²) in [7, 11) is -1.91. The lowest BCUT2D eigenvalue weighted by Crippen LogP contribution is -2.29. The lowest BCUT2D eigenvalue weighted by molar-refractivity contribution is 0.0950. The average molecular weight is 439 g/mol. The molecule has 0 unspecified atom stereocenters. The van der Waals surface area contributed by atoms with E-state index in [2.05, 4.69) is 5.32 Å². The third kappa shape index (κ3) is 5.86. The van der Waals surface area contributed by atoms with Crippen LogP contribution in [0.5, 0.6) is 5.75 Å². The molecular formula is C24H26N2O4S. The summed E-state index contributed by atoms with van der Waals surface area (Å²) in [6, 6.07) is 21.7. The van der Waals surface area contributed by atoms with Gasteiger partial charge in [-0.05, 0) is 42.8 Å². The number of nitrogens with one attached hydrogen (secondary N) is 1. The number of carbonyl (C=O) groups is 1. The number of carbonyl (C=O) groups excluding carboxylic acids is 1. The quantitative estimate of drug-likeness (QED) is 0.579. The molecule has 162 valence electrons. The molecule has 0 bridgehead atoms. The highest BCUT2D eigenvalue weighted by atomic mass is 32.2. The van der Waals surface area contributed by atoms with E-state index < -0.39 is 10.0 Å². The zero-order valence-corrected chi connectivity index (χ0v) is 18.6. The summed E-state index contributed by atoms with van der Waals surface area (Å²) in [5.74, 6) is 0.458. The third-order valence-corrected chi connectivity index (χ3v) is 6.04. The number of rotatable bonds is 8. The lowest BCUT2D eigenvalue weighted by Gasteiger charge is -2.23. The van der Waals surface area contributed by atoms with Crippen LogP contribution in [0.25, 0.3) is 0 Å². The number of methoxy groups -OCH3 is 1. The molecule has 1 amide bonds. The maximum atomic E-state index is 12.5. The van der Waals surface area contributed by atoms with E-state index in [0.717, 1.165) is 16.7 Å². The molecule has 0 radical (unpaired) electrons. The third-order valence-electron chi connectivity index (χ3n) is 4.90. The first-order valence-electron chi connectivity index (χ1n) is 9.81. The molecular weight excluding hydrogens is 412 g/mol. The molecule has 0 saturated carbocycles. The van der Waals surface area contributed by atoms with Gasteiger partial charge in [-0.25, -0.2) is 8.42 Å². The molecule has 0 heterocycles. The summed E-state index contributed by atoms with van der Waals surface area (Å²) in [5, 5.41) is 2.86. The predicted octanol–water partition coefficient (Wildman–Crippen LogP) is 3.90. The zero-order chi connectivity index (χ0) is 22.4. The first kappa shape index (κ1) is 22.4. The largest absolute Gasteiger partial charge is 0.496 e. The maximum absolute atomic E-state index is 12.5. The van der Waals surface area contributed by atoms with E-state index in [0.29, 0.717) is 23.5 Å². The van der Waals surface area contributed by atoms with Crippen molar-refractivity contribution in [3.63, 3.8) is 0 Å². The smallest absolute Gasteiger partial charge is 0.251 e. The van der Waals surface area contributed by atoms with E-state index in [9.17, 15) is 13.2 Å². The summed E-state index contributed by atoms with van der Waals surface area (Å²) < 4.78 is 31.4. The van der Waals surface area contributed by atoms with Crippen LogP contribution in [-0.4, -0.2) is 27.7 Å². The number of nitrogens with zero attached hydrogens (tertiary/aromatic N) is 1. The molecule has 3 aromatic rings. The molecule has 3 rings (SSSR count). The molecule has 1 N–H and O–H groups in total. The minimum Gasteiger partial charge on any atom is -0.496 e. The van der Waals surface area contributed by atoms with Crippen LogP contribution in [0.1, 0.15) is 27.0 Å². The Morgan fingerprint density at radius 3 is 2.23 bits per heavy atom. The number of hydrogen-bond donors (Lipinski definition) is 1. The van der Waals surface area contributed by atoms with Gasteiger partial charge in [0.25, 0.3) is 5.91 Å². The van der Waals surface area contributed by atoms with Gasteiger partial charge >= 0.3 is 0 Å². The van der Waals surface area contributed by atoms with Gasteiger partial charge in [0, 0.05) is 17.7 Å². The van der Waals surface area contributed by atoms with E-state index in [-0.39, 0.29) is 12.5 Å². The van der Waals surface area contributed by atoms with Crippen molar-refractivity contribution in [2.24, 2.45) is 0 Å². The first-order chi connectivity index (χ1) is 14.8. The fraction of sp³-hybridized carbons (Fsp3) is 0.208. The van der Waals surface area contributed by atoms with Gasteiger partial charge in [0.05, 0.1) is 25.6 Å². The van der Waals surface area contributed by atoms with Crippen molar-refractivity contribution in [1.82, 2.24) is 5.32 Å². The van der Waals surface area contributed by atoms with E-state index in [1.54, 1.807) is 31.4 Å². The summed E-state index contributed by atoms with van der Waals surface area (Å²) >= 11 is 0. The standard InChI is InChI=1S/C24H26N2O4S/c1-18-8-10-19(11-9-18)17-26(31(3,28)29)22-14-12-20(13-15-22)24(27)25-16-21-6-4-5-7-23(21)30-2/h4-15H,16-17H2,1-3H3,(H,25,27). The van der Waals surface area contributed by atoms with Crippen LogP contribution in [0.3, 0.4) is 0 Å². The van der Waals surface area contributed by atoms with Crippen LogP contribution in [0.15, 0.2) is 72.8 Å². The highest BCUT2D eigenvalue weighted by Gasteiger charge is 2.18. The SMILES string of the molecule is COc1ccccc1CNC(=O)c1ccc(N(Cc2ccc(C)cc2)S(C)(=O)=O)cc1. The second-order valence-electron chi connectivity index (χ2n) is 7.30. The van der Waals surface area contributed by atoms with Gasteiger partial charge in [-0.2, -0.15) is 0 Å². The van der Waals surface area contributed by atoms with Crippen LogP contribution in [0.4, 0.5) is 5.69 Å². The average Bonchev–Trinajstić information content (AvgIpc) is 2.76. The molecule has 6 nitrogen and oxygen atoms in total. The summed E-state index contributed by atoms with van der Waals surface area (Å²) in [6.07, 6.45) is 1.18. The van der Waals surface area contributed by atoms with Crippen LogP contribution < -0.4 is 14.4 Å². The van der Waals surface area contributed by atoms with Gasteiger partial charge in [0.1, 0.15) is 5.75 Å². The van der Waals surface area contributed by atoms with E-state index in [4.69, 9.17) is 4.74 Å². The number of amides is 1. The summed E-state index contributed by atoms with van der Waals surface area (Å²) in [5.41, 5.74) is 3.82. The Balaban J connectivity index is 1.73. The molecule has 0 aliphatic rings. The topological polar surface area (TPSA) is 75.7 Å². The highest BCUT2D eigenvalue weighted by molar-refractivity contribution is 7.92. The Labute approximate surface area is 183 Å². The summed E-state index contributed by atoms with van der Waals surface area (Å²) in [6.45, 7) is 2.53. The van der Waals surface area contributed by atoms with Crippen LogP contribution in [-0.2, 0) is 23.1 Å². The number of hydrogen-bond acceptors (Lipinski definition) is 4. The normalized spacial score (nSPS) is 11.1. The molecule has 0 aliphatic carbocycles. The van der Waals surface area contributed by atoms with E-state index >= 15 is 0 Å². The van der Waals surface area contributed by atoms with Crippen molar-refractivity contribution < 1.29 is 17.9 Å². The van der Waals surface area contributed by atoms with Crippen LogP contribution >= 0.6 is 0 Å². The van der Waals surface area contributed by atoms with Crippen molar-refractivity contribution in [3.8, 4) is 5.75 Å². The van der Waals surface area contributed by atoms with Crippen molar-refractivity contribution in [3.05, 3.63) is 95.1 Å². The second kappa shape index (κ2) is 9.66. The minimum atomic E-state index is -3.49. The van der Waals surface area contributed by atoms with Crippen molar-refractivity contribution in [2.75, 3.05) is 17.7 Å². The van der Waals surface area contributed by atoms with Crippen molar-refractivity contribution in [1.29, 1.82) is 0 Å². The highest BCUT2D eigenvalue weighted by Crippen LogP contribution is 2.22. The van der Waals surface area contributed by atoms with Crippen molar-refractivity contribution >= 4 is 21.6 Å². The fourth-order valence-electron chi connectivity index (χ4n) is 3.16. The molecule has 0 atom stereocenters. The van der Waals surface area contributed by atoms with Crippen molar-refractivity contribution in [2.45, 2.75) is 20.0 Å². The number of para-hydroxylation sites is 1. The Bertz CT molecular complexity index is 1140. The monoisotopic (exact) mass is 438 g/mol. The van der Waals surface area contributed by atoms with Gasteiger partial charge in [-0.3, -0.25) is 9.10 Å². The number of aryl methyl sites for hydroxylation is 1. The molecule has 0 aliphatic heterocycles. The van der Waals surface area contributed by atoms with Gasteiger partial charge < -0.3 is 10.1 Å². The maximum Gasteiger partial charge on any atom is 0.251 e. The van der Waals surface area contributed by atoms with Crippen LogP contribution in [0, 0.1) is 6.92 Å². The van der Waals surface area contributed by atoms with E-state index in [1.807, 2.05) is 55.5 Å². The van der Waals surface area contributed by atoms with Gasteiger partial charge in [-0.1, -0.05) is 48.0 Å².